The zero-order valence-electron chi connectivity index (χ0n) is 18.7. The van der Waals surface area contributed by atoms with E-state index < -0.39 is 11.6 Å². The van der Waals surface area contributed by atoms with Crippen molar-refractivity contribution in [2.75, 3.05) is 16.8 Å². The lowest BCUT2D eigenvalue weighted by Gasteiger charge is -2.56. The number of anilines is 2. The van der Waals surface area contributed by atoms with Crippen LogP contribution in [0, 0.1) is 5.92 Å². The van der Waals surface area contributed by atoms with Gasteiger partial charge in [-0.25, -0.2) is 0 Å². The van der Waals surface area contributed by atoms with Crippen molar-refractivity contribution in [3.05, 3.63) is 83.4 Å². The van der Waals surface area contributed by atoms with Gasteiger partial charge in [-0.1, -0.05) is 29.8 Å². The summed E-state index contributed by atoms with van der Waals surface area (Å²) in [7, 11) is 0. The summed E-state index contributed by atoms with van der Waals surface area (Å²) in [5.74, 6) is 0.681. The number of carbonyl (C=O) groups excluding carboxylic acids is 1. The van der Waals surface area contributed by atoms with Crippen molar-refractivity contribution in [1.29, 1.82) is 0 Å². The number of amides is 1. The second-order valence-corrected chi connectivity index (χ2v) is 9.18. The SMILES string of the molecule is CCOc1ccc(N2C(=S)N[C@H]3c4ccccc4O[C@]2(C)[C@@H]3C(=O)Nc2ccc(Cl)cc2)cc1. The molecule has 0 aromatic heterocycles. The highest BCUT2D eigenvalue weighted by Gasteiger charge is 2.59. The number of nitrogens with one attached hydrogen (secondary N) is 2. The van der Waals surface area contributed by atoms with Crippen molar-refractivity contribution < 1.29 is 14.3 Å². The normalized spacial score (nSPS) is 22.8. The maximum atomic E-state index is 13.7. The van der Waals surface area contributed by atoms with E-state index in [1.165, 1.54) is 0 Å². The summed E-state index contributed by atoms with van der Waals surface area (Å²) in [5, 5.41) is 7.53. The topological polar surface area (TPSA) is 62.8 Å². The first-order chi connectivity index (χ1) is 16.4. The van der Waals surface area contributed by atoms with E-state index in [0.29, 0.717) is 22.4 Å². The Kier molecular flexibility index (Phi) is 5.83. The molecule has 2 bridgehead atoms. The molecular weight excluding hydrogens is 470 g/mol. The van der Waals surface area contributed by atoms with Crippen LogP contribution < -0.4 is 25.0 Å². The fourth-order valence-corrected chi connectivity index (χ4v) is 5.27. The predicted molar refractivity (Wildman–Crippen MR) is 138 cm³/mol. The van der Waals surface area contributed by atoms with Crippen molar-refractivity contribution >= 4 is 46.2 Å². The first-order valence-electron chi connectivity index (χ1n) is 11.1. The number of nitrogens with zero attached hydrogens (tertiary/aromatic N) is 1. The van der Waals surface area contributed by atoms with E-state index >= 15 is 0 Å². The summed E-state index contributed by atoms with van der Waals surface area (Å²) in [6.07, 6.45) is 0. The second kappa shape index (κ2) is 8.81. The number of benzene rings is 3. The van der Waals surface area contributed by atoms with Crippen molar-refractivity contribution in [3.8, 4) is 11.5 Å². The maximum Gasteiger partial charge on any atom is 0.236 e. The molecule has 6 nitrogen and oxygen atoms in total. The molecule has 3 aromatic carbocycles. The highest BCUT2D eigenvalue weighted by atomic mass is 35.5. The van der Waals surface area contributed by atoms with Crippen LogP contribution >= 0.6 is 23.8 Å². The molecule has 1 saturated heterocycles. The summed E-state index contributed by atoms with van der Waals surface area (Å²) in [4.78, 5) is 15.6. The molecule has 0 aliphatic carbocycles. The molecule has 34 heavy (non-hydrogen) atoms. The molecule has 3 aromatic rings. The van der Waals surface area contributed by atoms with Crippen molar-refractivity contribution in [3.63, 3.8) is 0 Å². The van der Waals surface area contributed by atoms with E-state index in [-0.39, 0.29) is 11.9 Å². The van der Waals surface area contributed by atoms with Gasteiger partial charge in [0, 0.05) is 22.0 Å². The molecule has 2 N–H and O–H groups in total. The van der Waals surface area contributed by atoms with Gasteiger partial charge in [-0.05, 0) is 80.7 Å². The number of thiocarbonyl (C=S) groups is 1. The van der Waals surface area contributed by atoms with Gasteiger partial charge in [0.2, 0.25) is 5.91 Å². The van der Waals surface area contributed by atoms with Crippen LogP contribution in [0.3, 0.4) is 0 Å². The molecule has 0 radical (unpaired) electrons. The lowest BCUT2D eigenvalue weighted by Crippen LogP contribution is -2.72. The molecule has 1 fully saturated rings. The highest BCUT2D eigenvalue weighted by molar-refractivity contribution is 7.80. The average Bonchev–Trinajstić information content (AvgIpc) is 2.81. The highest BCUT2D eigenvalue weighted by Crippen LogP contribution is 2.49. The minimum atomic E-state index is -1.08. The van der Waals surface area contributed by atoms with Gasteiger partial charge in [0.05, 0.1) is 12.6 Å². The second-order valence-electron chi connectivity index (χ2n) is 8.36. The first kappa shape index (κ1) is 22.5. The molecule has 1 amide bonds. The van der Waals surface area contributed by atoms with Crippen LogP contribution in [0.2, 0.25) is 5.02 Å². The fourth-order valence-electron chi connectivity index (χ4n) is 4.73. The van der Waals surface area contributed by atoms with E-state index in [1.54, 1.807) is 24.3 Å². The predicted octanol–water partition coefficient (Wildman–Crippen LogP) is 5.54. The van der Waals surface area contributed by atoms with E-state index in [1.807, 2.05) is 67.3 Å². The molecule has 2 aliphatic rings. The molecule has 174 valence electrons. The van der Waals surface area contributed by atoms with Gasteiger partial charge in [-0.3, -0.25) is 9.69 Å². The zero-order chi connectivity index (χ0) is 23.9. The molecular formula is C26H24ClN3O3S. The Morgan fingerprint density at radius 2 is 1.85 bits per heavy atom. The molecule has 2 heterocycles. The van der Waals surface area contributed by atoms with Gasteiger partial charge in [-0.2, -0.15) is 0 Å². The minimum Gasteiger partial charge on any atom is -0.494 e. The molecule has 0 saturated carbocycles. The summed E-state index contributed by atoms with van der Waals surface area (Å²) < 4.78 is 12.2. The lowest BCUT2D eigenvalue weighted by atomic mass is 9.78. The third-order valence-corrected chi connectivity index (χ3v) is 6.76. The summed E-state index contributed by atoms with van der Waals surface area (Å²) in [5.41, 5.74) is 1.27. The van der Waals surface area contributed by atoms with Crippen LogP contribution in [0.25, 0.3) is 0 Å². The third-order valence-electron chi connectivity index (χ3n) is 6.21. The van der Waals surface area contributed by atoms with Gasteiger partial charge in [0.15, 0.2) is 10.8 Å². The first-order valence-corrected chi connectivity index (χ1v) is 11.9. The summed E-state index contributed by atoms with van der Waals surface area (Å²) >= 11 is 11.8. The van der Waals surface area contributed by atoms with Gasteiger partial charge in [0.25, 0.3) is 0 Å². The van der Waals surface area contributed by atoms with E-state index in [9.17, 15) is 4.79 Å². The molecule has 5 rings (SSSR count). The van der Waals surface area contributed by atoms with Crippen LogP contribution in [0.15, 0.2) is 72.8 Å². The van der Waals surface area contributed by atoms with Gasteiger partial charge < -0.3 is 20.1 Å². The van der Waals surface area contributed by atoms with Crippen LogP contribution in [0.4, 0.5) is 11.4 Å². The summed E-state index contributed by atoms with van der Waals surface area (Å²) in [6, 6.07) is 22.0. The van der Waals surface area contributed by atoms with Crippen molar-refractivity contribution in [2.24, 2.45) is 5.92 Å². The third kappa shape index (κ3) is 3.85. The van der Waals surface area contributed by atoms with Gasteiger partial charge in [-0.15, -0.1) is 0 Å². The average molecular weight is 494 g/mol. The Morgan fingerprint density at radius 3 is 2.56 bits per heavy atom. The van der Waals surface area contributed by atoms with Crippen molar-refractivity contribution in [1.82, 2.24) is 5.32 Å². The molecule has 8 heteroatoms. The van der Waals surface area contributed by atoms with Crippen LogP contribution in [-0.4, -0.2) is 23.4 Å². The Balaban J connectivity index is 1.57. The minimum absolute atomic E-state index is 0.185. The molecule has 0 unspecified atom stereocenters. The zero-order valence-corrected chi connectivity index (χ0v) is 20.3. The van der Waals surface area contributed by atoms with Crippen LogP contribution in [0.1, 0.15) is 25.5 Å². The molecule has 3 atom stereocenters. The molecule has 0 spiro atoms. The van der Waals surface area contributed by atoms with E-state index in [0.717, 1.165) is 22.7 Å². The Hall–Kier alpha value is -3.29. The van der Waals surface area contributed by atoms with Crippen LogP contribution in [0.5, 0.6) is 11.5 Å². The smallest absolute Gasteiger partial charge is 0.236 e. The maximum absolute atomic E-state index is 13.7. The van der Waals surface area contributed by atoms with Crippen molar-refractivity contribution in [2.45, 2.75) is 25.6 Å². The number of para-hydroxylation sites is 1. The Bertz CT molecular complexity index is 1230. The number of fused-ring (bicyclic) bond motifs is 4. The van der Waals surface area contributed by atoms with E-state index in [4.69, 9.17) is 33.3 Å². The van der Waals surface area contributed by atoms with Gasteiger partial charge >= 0.3 is 0 Å². The van der Waals surface area contributed by atoms with Gasteiger partial charge in [0.1, 0.15) is 17.4 Å². The standard InChI is InChI=1S/C26H24ClN3O3S/c1-3-32-19-14-12-18(13-15-19)30-25(34)29-23-20-6-4-5-7-21(20)33-26(30,2)22(23)24(31)28-17-10-8-16(27)9-11-17/h4-15,22-23H,3H2,1-2H3,(H,28,31)(H,29,34)/t22-,23-,26+/m0/s1. The fraction of sp³-hybridized carbons (Fsp3) is 0.231. The Morgan fingerprint density at radius 1 is 1.15 bits per heavy atom. The lowest BCUT2D eigenvalue weighted by molar-refractivity contribution is -0.130. The van der Waals surface area contributed by atoms with E-state index in [2.05, 4.69) is 10.6 Å². The summed E-state index contributed by atoms with van der Waals surface area (Å²) in [6.45, 7) is 4.43. The number of ether oxygens (including phenoxy) is 2. The largest absolute Gasteiger partial charge is 0.494 e. The number of hydrogen-bond acceptors (Lipinski definition) is 4. The number of hydrogen-bond donors (Lipinski definition) is 2. The quantitative estimate of drug-likeness (QED) is 0.455. The monoisotopic (exact) mass is 493 g/mol. The van der Waals surface area contributed by atoms with Crippen LogP contribution in [-0.2, 0) is 4.79 Å². The Labute approximate surface area is 208 Å². The number of carbonyl (C=O) groups is 1. The molecule has 2 aliphatic heterocycles. The number of halogens is 1. The number of rotatable bonds is 5.